The van der Waals surface area contributed by atoms with E-state index < -0.39 is 17.9 Å². The molecular weight excluding hydrogens is 228 g/mol. The molecule has 6 heteroatoms. The maximum absolute atomic E-state index is 13.6. The average molecular weight is 236 g/mol. The average Bonchev–Trinajstić information content (AvgIpc) is 2.92. The minimum atomic E-state index is -4.93. The topological polar surface area (TPSA) is 29.5 Å². The highest BCUT2D eigenvalue weighted by molar-refractivity contribution is 5.45. The van der Waals surface area contributed by atoms with Gasteiger partial charge in [0.2, 0.25) is 0 Å². The Bertz CT molecular complexity index is 410. The van der Waals surface area contributed by atoms with Gasteiger partial charge < -0.3 is 9.84 Å². The maximum Gasteiger partial charge on any atom is 0.573 e. The number of aromatic hydroxyl groups is 1. The molecule has 16 heavy (non-hydrogen) atoms. The number of halogens is 4. The minimum absolute atomic E-state index is 0.0817. The van der Waals surface area contributed by atoms with Crippen molar-refractivity contribution in [1.29, 1.82) is 0 Å². The van der Waals surface area contributed by atoms with E-state index in [-0.39, 0.29) is 17.2 Å². The van der Waals surface area contributed by atoms with Crippen molar-refractivity contribution >= 4 is 0 Å². The number of phenols is 1. The Morgan fingerprint density at radius 1 is 1.25 bits per heavy atom. The van der Waals surface area contributed by atoms with Gasteiger partial charge in [0.15, 0.2) is 11.6 Å². The molecule has 1 fully saturated rings. The van der Waals surface area contributed by atoms with E-state index in [4.69, 9.17) is 0 Å². The lowest BCUT2D eigenvalue weighted by atomic mass is 10.1. The SMILES string of the molecule is Oc1ccc(OC(F)(F)F)c(F)c1C1CC1. The molecule has 0 unspecified atom stereocenters. The Kier molecular flexibility index (Phi) is 2.44. The van der Waals surface area contributed by atoms with Crippen molar-refractivity contribution < 1.29 is 27.4 Å². The lowest BCUT2D eigenvalue weighted by Crippen LogP contribution is -2.18. The van der Waals surface area contributed by atoms with Crippen LogP contribution < -0.4 is 4.74 Å². The van der Waals surface area contributed by atoms with Gasteiger partial charge in [-0.1, -0.05) is 0 Å². The molecule has 2 nitrogen and oxygen atoms in total. The van der Waals surface area contributed by atoms with Crippen LogP contribution in [0.5, 0.6) is 11.5 Å². The molecule has 0 bridgehead atoms. The summed E-state index contributed by atoms with van der Waals surface area (Å²) in [6.45, 7) is 0. The third-order valence-electron chi connectivity index (χ3n) is 2.33. The molecule has 2 rings (SSSR count). The Balaban J connectivity index is 2.36. The standard InChI is InChI=1S/C10H8F4O2/c11-9-7(16-10(12,13)14)4-3-6(15)8(9)5-1-2-5/h3-5,15H,1-2H2. The largest absolute Gasteiger partial charge is 0.573 e. The van der Waals surface area contributed by atoms with Crippen LogP contribution in [0.15, 0.2) is 12.1 Å². The quantitative estimate of drug-likeness (QED) is 0.798. The minimum Gasteiger partial charge on any atom is -0.508 e. The zero-order chi connectivity index (χ0) is 11.9. The highest BCUT2D eigenvalue weighted by atomic mass is 19.4. The van der Waals surface area contributed by atoms with E-state index in [9.17, 15) is 22.7 Å². The molecule has 1 aromatic carbocycles. The number of hydrogen-bond donors (Lipinski definition) is 1. The molecule has 1 aromatic rings. The van der Waals surface area contributed by atoms with Crippen LogP contribution in [0.4, 0.5) is 17.6 Å². The van der Waals surface area contributed by atoms with Crippen LogP contribution in [0.1, 0.15) is 24.3 Å². The summed E-state index contributed by atoms with van der Waals surface area (Å²) >= 11 is 0. The predicted molar refractivity (Wildman–Crippen MR) is 46.7 cm³/mol. The number of rotatable bonds is 2. The Labute approximate surface area is 88.5 Å². The second-order valence-corrected chi connectivity index (χ2v) is 3.63. The number of alkyl halides is 3. The summed E-state index contributed by atoms with van der Waals surface area (Å²) in [6.07, 6.45) is -3.60. The van der Waals surface area contributed by atoms with Gasteiger partial charge in [0.05, 0.1) is 0 Å². The molecule has 88 valence electrons. The highest BCUT2D eigenvalue weighted by Crippen LogP contribution is 2.47. The van der Waals surface area contributed by atoms with Crippen molar-refractivity contribution in [2.24, 2.45) is 0 Å². The van der Waals surface area contributed by atoms with E-state index in [0.717, 1.165) is 12.1 Å². The molecule has 0 spiro atoms. The first-order valence-corrected chi connectivity index (χ1v) is 4.65. The smallest absolute Gasteiger partial charge is 0.508 e. The lowest BCUT2D eigenvalue weighted by molar-refractivity contribution is -0.275. The first kappa shape index (κ1) is 11.0. The molecule has 0 atom stereocenters. The molecule has 0 saturated heterocycles. The van der Waals surface area contributed by atoms with Gasteiger partial charge in [0, 0.05) is 5.56 Å². The van der Waals surface area contributed by atoms with Crippen molar-refractivity contribution in [2.75, 3.05) is 0 Å². The maximum atomic E-state index is 13.6. The molecule has 0 radical (unpaired) electrons. The first-order valence-electron chi connectivity index (χ1n) is 4.65. The van der Waals surface area contributed by atoms with E-state index in [1.807, 2.05) is 0 Å². The van der Waals surface area contributed by atoms with Gasteiger partial charge in [0.25, 0.3) is 0 Å². The Hall–Kier alpha value is -1.46. The van der Waals surface area contributed by atoms with Crippen molar-refractivity contribution in [3.05, 3.63) is 23.5 Å². The van der Waals surface area contributed by atoms with Crippen LogP contribution in [0, 0.1) is 5.82 Å². The second-order valence-electron chi connectivity index (χ2n) is 3.63. The van der Waals surface area contributed by atoms with Gasteiger partial charge in [-0.2, -0.15) is 0 Å². The van der Waals surface area contributed by atoms with Crippen molar-refractivity contribution in [3.8, 4) is 11.5 Å². The Morgan fingerprint density at radius 2 is 1.88 bits per heavy atom. The van der Waals surface area contributed by atoms with Gasteiger partial charge in [0.1, 0.15) is 5.75 Å². The van der Waals surface area contributed by atoms with E-state index >= 15 is 0 Å². The summed E-state index contributed by atoms with van der Waals surface area (Å²) in [4.78, 5) is 0. The predicted octanol–water partition coefficient (Wildman–Crippen LogP) is 3.31. The van der Waals surface area contributed by atoms with Gasteiger partial charge in [-0.3, -0.25) is 0 Å². The summed E-state index contributed by atoms with van der Waals surface area (Å²) in [7, 11) is 0. The van der Waals surface area contributed by atoms with Crippen molar-refractivity contribution in [2.45, 2.75) is 25.1 Å². The van der Waals surface area contributed by atoms with E-state index in [2.05, 4.69) is 4.74 Å². The third kappa shape index (κ3) is 2.20. The molecule has 0 amide bonds. The molecule has 1 aliphatic carbocycles. The summed E-state index contributed by atoms with van der Waals surface area (Å²) < 4.78 is 52.8. The molecule has 0 aromatic heterocycles. The fraction of sp³-hybridized carbons (Fsp3) is 0.400. The monoisotopic (exact) mass is 236 g/mol. The highest BCUT2D eigenvalue weighted by Gasteiger charge is 2.36. The zero-order valence-electron chi connectivity index (χ0n) is 8.01. The molecule has 1 saturated carbocycles. The van der Waals surface area contributed by atoms with Crippen molar-refractivity contribution in [1.82, 2.24) is 0 Å². The zero-order valence-corrected chi connectivity index (χ0v) is 8.01. The van der Waals surface area contributed by atoms with Gasteiger partial charge in [-0.15, -0.1) is 13.2 Å². The van der Waals surface area contributed by atoms with Crippen molar-refractivity contribution in [3.63, 3.8) is 0 Å². The van der Waals surface area contributed by atoms with Gasteiger partial charge in [-0.05, 0) is 30.9 Å². The summed E-state index contributed by atoms with van der Waals surface area (Å²) in [5.41, 5.74) is -0.0817. The molecule has 1 aliphatic rings. The summed E-state index contributed by atoms with van der Waals surface area (Å²) in [5.74, 6) is -2.54. The number of phenolic OH excluding ortho intramolecular Hbond substituents is 1. The second kappa shape index (κ2) is 3.54. The van der Waals surface area contributed by atoms with Crippen LogP contribution in [0.2, 0.25) is 0 Å². The Morgan fingerprint density at radius 3 is 2.38 bits per heavy atom. The van der Waals surface area contributed by atoms with Gasteiger partial charge >= 0.3 is 6.36 Å². The summed E-state index contributed by atoms with van der Waals surface area (Å²) in [6, 6.07) is 1.78. The van der Waals surface area contributed by atoms with E-state index in [1.165, 1.54) is 0 Å². The fourth-order valence-corrected chi connectivity index (χ4v) is 1.53. The van der Waals surface area contributed by atoms with Crippen LogP contribution in [0.25, 0.3) is 0 Å². The van der Waals surface area contributed by atoms with Crippen LogP contribution in [-0.2, 0) is 0 Å². The normalized spacial score (nSPS) is 16.2. The third-order valence-corrected chi connectivity index (χ3v) is 2.33. The lowest BCUT2D eigenvalue weighted by Gasteiger charge is -2.12. The molecule has 0 heterocycles. The van der Waals surface area contributed by atoms with E-state index in [1.54, 1.807) is 0 Å². The van der Waals surface area contributed by atoms with Crippen LogP contribution >= 0.6 is 0 Å². The fourth-order valence-electron chi connectivity index (χ4n) is 1.53. The molecule has 1 N–H and O–H groups in total. The first-order chi connectivity index (χ1) is 7.38. The number of hydrogen-bond acceptors (Lipinski definition) is 2. The van der Waals surface area contributed by atoms with Crippen LogP contribution in [-0.4, -0.2) is 11.5 Å². The van der Waals surface area contributed by atoms with E-state index in [0.29, 0.717) is 12.8 Å². The summed E-state index contributed by atoms with van der Waals surface area (Å²) in [5, 5.41) is 9.35. The molecular formula is C10H8F4O2. The molecule has 0 aliphatic heterocycles. The van der Waals surface area contributed by atoms with Gasteiger partial charge in [-0.25, -0.2) is 4.39 Å². The number of ether oxygens (including phenoxy) is 1. The van der Waals surface area contributed by atoms with Crippen LogP contribution in [0.3, 0.4) is 0 Å². The number of benzene rings is 1.